The van der Waals surface area contributed by atoms with E-state index in [1.807, 2.05) is 30.3 Å². The Morgan fingerprint density at radius 2 is 1.81 bits per heavy atom. The minimum absolute atomic E-state index is 0.218. The number of hydrogen-bond acceptors (Lipinski definition) is 6. The third kappa shape index (κ3) is 3.98. The van der Waals surface area contributed by atoms with E-state index in [4.69, 9.17) is 27.6 Å². The van der Waals surface area contributed by atoms with Gasteiger partial charge in [0.05, 0.1) is 10.0 Å². The van der Waals surface area contributed by atoms with Gasteiger partial charge in [-0.15, -0.1) is 0 Å². The number of fused-ring (bicyclic) bond motifs is 1. The number of halogens is 2. The maximum absolute atomic E-state index is 12.9. The molecule has 3 aromatic heterocycles. The number of rotatable bonds is 4. The molecule has 0 saturated carbocycles. The van der Waals surface area contributed by atoms with Crippen molar-refractivity contribution in [3.63, 3.8) is 0 Å². The highest BCUT2D eigenvalue weighted by atomic mass is 35.5. The fourth-order valence-electron chi connectivity index (χ4n) is 3.21. The predicted octanol–water partition coefficient (Wildman–Crippen LogP) is 4.22. The van der Waals surface area contributed by atoms with E-state index in [9.17, 15) is 9.59 Å². The van der Waals surface area contributed by atoms with Crippen molar-refractivity contribution >= 4 is 45.6 Å². The van der Waals surface area contributed by atoms with Crippen LogP contribution in [0.5, 0.6) is 0 Å². The van der Waals surface area contributed by atoms with Crippen molar-refractivity contribution in [1.82, 2.24) is 14.6 Å². The molecule has 158 valence electrons. The normalized spacial score (nSPS) is 12.0. The number of thiazole rings is 1. The Morgan fingerprint density at radius 1 is 1.00 bits per heavy atom. The molecule has 0 saturated heterocycles. The molecule has 3 heterocycles. The summed E-state index contributed by atoms with van der Waals surface area (Å²) in [6.45, 7) is 0. The quantitative estimate of drug-likeness (QED) is 0.384. The molecule has 0 aliphatic carbocycles. The lowest BCUT2D eigenvalue weighted by Gasteiger charge is -1.99. The fourth-order valence-corrected chi connectivity index (χ4v) is 4.39. The van der Waals surface area contributed by atoms with E-state index in [-0.39, 0.29) is 16.2 Å². The Bertz CT molecular complexity index is 1620. The molecule has 0 N–H and O–H groups in total. The zero-order valence-electron chi connectivity index (χ0n) is 16.3. The van der Waals surface area contributed by atoms with Crippen LogP contribution in [0.2, 0.25) is 10.0 Å². The maximum atomic E-state index is 12.9. The molecule has 32 heavy (non-hydrogen) atoms. The summed E-state index contributed by atoms with van der Waals surface area (Å²) in [6.07, 6.45) is 1.90. The summed E-state index contributed by atoms with van der Waals surface area (Å²) < 4.78 is 7.37. The highest BCUT2D eigenvalue weighted by Gasteiger charge is 2.12. The fraction of sp³-hybridized carbons (Fsp3) is 0.0435. The van der Waals surface area contributed by atoms with Crippen molar-refractivity contribution in [1.29, 1.82) is 0 Å². The molecule has 0 aliphatic rings. The van der Waals surface area contributed by atoms with Crippen molar-refractivity contribution in [2.45, 2.75) is 6.42 Å². The van der Waals surface area contributed by atoms with Crippen LogP contribution in [0.1, 0.15) is 17.0 Å². The molecule has 2 aromatic carbocycles. The van der Waals surface area contributed by atoms with Gasteiger partial charge >= 0.3 is 0 Å². The lowest BCUT2D eigenvalue weighted by molar-refractivity contribution is 0.571. The number of aromatic nitrogens is 3. The van der Waals surface area contributed by atoms with E-state index in [2.05, 4.69) is 10.1 Å². The van der Waals surface area contributed by atoms with E-state index >= 15 is 0 Å². The van der Waals surface area contributed by atoms with Gasteiger partial charge in [-0.25, -0.2) is 0 Å². The molecular weight excluding hydrogens is 469 g/mol. The molecule has 0 bridgehead atoms. The van der Waals surface area contributed by atoms with Crippen LogP contribution in [0.25, 0.3) is 22.4 Å². The maximum Gasteiger partial charge on any atom is 0.296 e. The lowest BCUT2D eigenvalue weighted by Crippen LogP contribution is -2.28. The summed E-state index contributed by atoms with van der Waals surface area (Å²) in [4.78, 5) is 29.6. The summed E-state index contributed by atoms with van der Waals surface area (Å²) in [6, 6.07) is 18.1. The molecule has 0 radical (unpaired) electrons. The minimum Gasteiger partial charge on any atom is -0.457 e. The first kappa shape index (κ1) is 20.6. The van der Waals surface area contributed by atoms with Crippen LogP contribution < -0.4 is 15.7 Å². The van der Waals surface area contributed by atoms with Gasteiger partial charge < -0.3 is 4.42 Å². The van der Waals surface area contributed by atoms with Crippen LogP contribution >= 0.6 is 34.5 Å². The van der Waals surface area contributed by atoms with Gasteiger partial charge in [-0.1, -0.05) is 64.9 Å². The van der Waals surface area contributed by atoms with Crippen molar-refractivity contribution in [3.8, 4) is 11.3 Å². The van der Waals surface area contributed by atoms with Crippen LogP contribution in [0.3, 0.4) is 0 Å². The van der Waals surface area contributed by atoms with Gasteiger partial charge in [-0.3, -0.25) is 9.59 Å². The first-order valence-corrected chi connectivity index (χ1v) is 11.1. The third-order valence-electron chi connectivity index (χ3n) is 4.77. The molecule has 0 spiro atoms. The second kappa shape index (κ2) is 8.35. The molecule has 0 unspecified atom stereocenters. The van der Waals surface area contributed by atoms with E-state index < -0.39 is 5.56 Å². The summed E-state index contributed by atoms with van der Waals surface area (Å²) in [5.74, 6) is 1.06. The molecule has 0 amide bonds. The number of furan rings is 1. The van der Waals surface area contributed by atoms with E-state index in [1.54, 1.807) is 36.4 Å². The van der Waals surface area contributed by atoms with Gasteiger partial charge in [0.1, 0.15) is 21.7 Å². The molecule has 9 heteroatoms. The second-order valence-electron chi connectivity index (χ2n) is 6.97. The average Bonchev–Trinajstić information content (AvgIpc) is 3.36. The number of nitrogens with zero attached hydrogens (tertiary/aromatic N) is 3. The largest absolute Gasteiger partial charge is 0.457 e. The summed E-state index contributed by atoms with van der Waals surface area (Å²) in [5, 5.41) is 5.14. The van der Waals surface area contributed by atoms with Crippen LogP contribution in [-0.2, 0) is 6.42 Å². The Morgan fingerprint density at radius 3 is 2.59 bits per heavy atom. The van der Waals surface area contributed by atoms with Crippen molar-refractivity contribution in [3.05, 3.63) is 113 Å². The van der Waals surface area contributed by atoms with Crippen molar-refractivity contribution < 1.29 is 4.42 Å². The Hall–Kier alpha value is -3.26. The van der Waals surface area contributed by atoms with Crippen LogP contribution in [0, 0.1) is 0 Å². The summed E-state index contributed by atoms with van der Waals surface area (Å²) in [7, 11) is 0. The average molecular weight is 482 g/mol. The number of benzene rings is 2. The van der Waals surface area contributed by atoms with Crippen LogP contribution in [0.4, 0.5) is 0 Å². The Labute approximate surface area is 195 Å². The Balaban J connectivity index is 1.53. The smallest absolute Gasteiger partial charge is 0.296 e. The molecule has 0 fully saturated rings. The van der Waals surface area contributed by atoms with Gasteiger partial charge in [-0.05, 0) is 35.9 Å². The highest BCUT2D eigenvalue weighted by Crippen LogP contribution is 2.29. The van der Waals surface area contributed by atoms with E-state index in [0.29, 0.717) is 32.5 Å². The first-order chi connectivity index (χ1) is 15.5. The molecule has 6 nitrogen and oxygen atoms in total. The summed E-state index contributed by atoms with van der Waals surface area (Å²) >= 11 is 13.1. The van der Waals surface area contributed by atoms with Gasteiger partial charge in [0.15, 0.2) is 0 Å². The zero-order valence-corrected chi connectivity index (χ0v) is 18.6. The van der Waals surface area contributed by atoms with Crippen LogP contribution in [-0.4, -0.2) is 14.6 Å². The Kier molecular flexibility index (Phi) is 5.38. The molecule has 5 aromatic rings. The second-order valence-corrected chi connectivity index (χ2v) is 8.79. The molecule has 5 rings (SSSR count). The topological polar surface area (TPSA) is 77.5 Å². The third-order valence-corrected chi connectivity index (χ3v) is 6.47. The molecule has 0 aliphatic heterocycles. The lowest BCUT2D eigenvalue weighted by atomic mass is 10.1. The van der Waals surface area contributed by atoms with Crippen LogP contribution in [0.15, 0.2) is 74.7 Å². The van der Waals surface area contributed by atoms with Gasteiger partial charge in [0.25, 0.3) is 11.1 Å². The molecular formula is C23H13Cl2N3O3S. The first-order valence-electron chi connectivity index (χ1n) is 9.51. The number of hydrogen-bond donors (Lipinski definition) is 0. The predicted molar refractivity (Wildman–Crippen MR) is 126 cm³/mol. The standard InChI is InChI=1S/C23H13Cl2N3O3S/c24-16-8-6-14(11-17(16)25)19-9-7-15(31-19)12-20-22(30)28-23(32-20)26-21(29)18(27-28)10-13-4-2-1-3-5-13/h1-9,11-12H,10H2. The van der Waals surface area contributed by atoms with Gasteiger partial charge in [-0.2, -0.15) is 14.6 Å². The monoisotopic (exact) mass is 481 g/mol. The minimum atomic E-state index is -0.443. The van der Waals surface area contributed by atoms with E-state index in [1.165, 1.54) is 4.52 Å². The van der Waals surface area contributed by atoms with Gasteiger partial charge in [0, 0.05) is 18.1 Å². The SMILES string of the molecule is O=c1nc2sc(=Cc3ccc(-c4ccc(Cl)c(Cl)c4)o3)c(=O)n2nc1Cc1ccccc1. The highest BCUT2D eigenvalue weighted by molar-refractivity contribution is 7.15. The molecule has 0 atom stereocenters. The summed E-state index contributed by atoms with van der Waals surface area (Å²) in [5.41, 5.74) is 1.09. The zero-order chi connectivity index (χ0) is 22.2. The van der Waals surface area contributed by atoms with Crippen molar-refractivity contribution in [2.24, 2.45) is 0 Å². The van der Waals surface area contributed by atoms with Gasteiger partial charge in [0.2, 0.25) is 4.96 Å². The van der Waals surface area contributed by atoms with E-state index in [0.717, 1.165) is 22.5 Å². The van der Waals surface area contributed by atoms with Crippen molar-refractivity contribution in [2.75, 3.05) is 0 Å².